The van der Waals surface area contributed by atoms with Crippen LogP contribution in [-0.4, -0.2) is 17.0 Å². The van der Waals surface area contributed by atoms with Crippen molar-refractivity contribution in [2.24, 2.45) is 0 Å². The molecule has 5 heteroatoms. The lowest BCUT2D eigenvalue weighted by atomic mass is 10.1. The topological polar surface area (TPSA) is 63.6 Å². The number of halogens is 1. The highest BCUT2D eigenvalue weighted by atomic mass is 79.9. The molecule has 0 amide bonds. The maximum Gasteiger partial charge on any atom is 0.339 e. The minimum absolute atomic E-state index is 0.0126. The third kappa shape index (κ3) is 2.82. The monoisotopic (exact) mass is 286 g/mol. The Labute approximate surface area is 101 Å². The minimum atomic E-state index is -1.12. The number of hydrogen-bond donors (Lipinski definition) is 1. The molecule has 0 atom stereocenters. The summed E-state index contributed by atoms with van der Waals surface area (Å²) < 4.78 is 5.34. The number of benzene rings is 1. The van der Waals surface area contributed by atoms with Gasteiger partial charge in [-0.25, -0.2) is 4.79 Å². The molecule has 0 aliphatic heterocycles. The van der Waals surface area contributed by atoms with E-state index < -0.39 is 11.9 Å². The van der Waals surface area contributed by atoms with Gasteiger partial charge in [0, 0.05) is 6.92 Å². The Balaban J connectivity index is 3.33. The normalized spacial score (nSPS) is 9.94. The SMILES string of the molecule is CCc1cc(Br)c(OC(C)=O)c(C(=O)O)c1. The second-order valence-corrected chi connectivity index (χ2v) is 4.06. The van der Waals surface area contributed by atoms with E-state index in [0.717, 1.165) is 5.56 Å². The molecule has 0 radical (unpaired) electrons. The van der Waals surface area contributed by atoms with E-state index in [-0.39, 0.29) is 11.3 Å². The molecule has 0 aliphatic carbocycles. The van der Waals surface area contributed by atoms with E-state index in [2.05, 4.69) is 15.9 Å². The summed E-state index contributed by atoms with van der Waals surface area (Å²) in [6.07, 6.45) is 0.708. The third-order valence-corrected chi connectivity index (χ3v) is 2.58. The Kier molecular flexibility index (Phi) is 4.06. The van der Waals surface area contributed by atoms with Gasteiger partial charge in [-0.1, -0.05) is 6.92 Å². The van der Waals surface area contributed by atoms with E-state index in [9.17, 15) is 9.59 Å². The van der Waals surface area contributed by atoms with Crippen molar-refractivity contribution in [2.75, 3.05) is 0 Å². The Hall–Kier alpha value is -1.36. The minimum Gasteiger partial charge on any atom is -0.478 e. The summed E-state index contributed by atoms with van der Waals surface area (Å²) in [6.45, 7) is 3.14. The van der Waals surface area contributed by atoms with E-state index in [1.165, 1.54) is 13.0 Å². The van der Waals surface area contributed by atoms with Gasteiger partial charge in [-0.3, -0.25) is 4.79 Å². The molecular formula is C11H11BrO4. The average Bonchev–Trinajstić information content (AvgIpc) is 2.19. The quantitative estimate of drug-likeness (QED) is 0.685. The fourth-order valence-electron chi connectivity index (χ4n) is 1.26. The highest BCUT2D eigenvalue weighted by molar-refractivity contribution is 9.10. The summed E-state index contributed by atoms with van der Waals surface area (Å²) in [5.41, 5.74) is 0.849. The van der Waals surface area contributed by atoms with Crippen LogP contribution in [0.25, 0.3) is 0 Å². The summed E-state index contributed by atoms with van der Waals surface area (Å²) in [4.78, 5) is 21.9. The highest BCUT2D eigenvalue weighted by Crippen LogP contribution is 2.31. The van der Waals surface area contributed by atoms with Gasteiger partial charge in [0.05, 0.1) is 4.47 Å². The number of aryl methyl sites for hydroxylation is 1. The zero-order valence-electron chi connectivity index (χ0n) is 8.91. The van der Waals surface area contributed by atoms with Gasteiger partial charge in [0.15, 0.2) is 5.75 Å². The van der Waals surface area contributed by atoms with Crippen LogP contribution in [0.4, 0.5) is 0 Å². The van der Waals surface area contributed by atoms with Gasteiger partial charge >= 0.3 is 11.9 Å². The second-order valence-electron chi connectivity index (χ2n) is 3.21. The van der Waals surface area contributed by atoms with E-state index in [1.54, 1.807) is 6.07 Å². The van der Waals surface area contributed by atoms with E-state index in [4.69, 9.17) is 9.84 Å². The van der Waals surface area contributed by atoms with Crippen LogP contribution >= 0.6 is 15.9 Å². The zero-order valence-corrected chi connectivity index (χ0v) is 10.5. The van der Waals surface area contributed by atoms with Crippen LogP contribution < -0.4 is 4.74 Å². The zero-order chi connectivity index (χ0) is 12.3. The van der Waals surface area contributed by atoms with Gasteiger partial charge in [0.1, 0.15) is 5.56 Å². The molecule has 0 heterocycles. The van der Waals surface area contributed by atoms with Gasteiger partial charge in [0.2, 0.25) is 0 Å². The molecule has 4 nitrogen and oxygen atoms in total. The lowest BCUT2D eigenvalue weighted by Crippen LogP contribution is -2.08. The first-order valence-corrected chi connectivity index (χ1v) is 5.49. The van der Waals surface area contributed by atoms with Crippen molar-refractivity contribution in [3.8, 4) is 5.75 Å². The molecular weight excluding hydrogens is 276 g/mol. The number of aromatic carboxylic acids is 1. The van der Waals surface area contributed by atoms with Crippen LogP contribution in [0.3, 0.4) is 0 Å². The molecule has 0 unspecified atom stereocenters. The molecule has 1 N–H and O–H groups in total. The molecule has 16 heavy (non-hydrogen) atoms. The third-order valence-electron chi connectivity index (χ3n) is 1.99. The van der Waals surface area contributed by atoms with Crippen LogP contribution in [-0.2, 0) is 11.2 Å². The fraction of sp³-hybridized carbons (Fsp3) is 0.273. The number of carboxylic acids is 1. The Morgan fingerprint density at radius 3 is 2.50 bits per heavy atom. The fourth-order valence-corrected chi connectivity index (χ4v) is 1.85. The number of carboxylic acid groups (broad SMARTS) is 1. The summed E-state index contributed by atoms with van der Waals surface area (Å²) in [7, 11) is 0. The van der Waals surface area contributed by atoms with Crippen LogP contribution in [0.2, 0.25) is 0 Å². The van der Waals surface area contributed by atoms with E-state index >= 15 is 0 Å². The lowest BCUT2D eigenvalue weighted by Gasteiger charge is -2.09. The predicted octanol–water partition coefficient (Wildman–Crippen LogP) is 2.64. The second kappa shape index (κ2) is 5.12. The first-order chi connectivity index (χ1) is 7.45. The van der Waals surface area contributed by atoms with Gasteiger partial charge in [-0.05, 0) is 40.0 Å². The maximum atomic E-state index is 11.0. The molecule has 1 rings (SSSR count). The molecule has 0 saturated carbocycles. The summed E-state index contributed by atoms with van der Waals surface area (Å²) in [5.74, 6) is -1.61. The largest absolute Gasteiger partial charge is 0.478 e. The van der Waals surface area contributed by atoms with Crippen LogP contribution in [0.15, 0.2) is 16.6 Å². The predicted molar refractivity (Wildman–Crippen MR) is 61.8 cm³/mol. The van der Waals surface area contributed by atoms with Crippen molar-refractivity contribution in [2.45, 2.75) is 20.3 Å². The van der Waals surface area contributed by atoms with Crippen molar-refractivity contribution in [3.05, 3.63) is 27.7 Å². The van der Waals surface area contributed by atoms with E-state index in [0.29, 0.717) is 10.9 Å². The number of carbonyl (C=O) groups is 2. The van der Waals surface area contributed by atoms with Crippen molar-refractivity contribution in [1.82, 2.24) is 0 Å². The number of hydrogen-bond acceptors (Lipinski definition) is 3. The van der Waals surface area contributed by atoms with Gasteiger partial charge in [0.25, 0.3) is 0 Å². The summed E-state index contributed by atoms with van der Waals surface area (Å²) in [6, 6.07) is 3.25. The molecule has 0 aliphatic rings. The van der Waals surface area contributed by atoms with Crippen LogP contribution in [0.1, 0.15) is 29.8 Å². The molecule has 0 spiro atoms. The van der Waals surface area contributed by atoms with E-state index in [1.807, 2.05) is 6.92 Å². The molecule has 1 aromatic rings. The molecule has 0 aromatic heterocycles. The number of esters is 1. The number of rotatable bonds is 3. The molecule has 0 bridgehead atoms. The first kappa shape index (κ1) is 12.7. The van der Waals surface area contributed by atoms with Crippen molar-refractivity contribution in [1.29, 1.82) is 0 Å². The van der Waals surface area contributed by atoms with Crippen LogP contribution in [0, 0.1) is 0 Å². The molecule has 86 valence electrons. The summed E-state index contributed by atoms with van der Waals surface area (Å²) >= 11 is 3.20. The average molecular weight is 287 g/mol. The van der Waals surface area contributed by atoms with Crippen molar-refractivity contribution < 1.29 is 19.4 Å². The first-order valence-electron chi connectivity index (χ1n) is 4.69. The smallest absolute Gasteiger partial charge is 0.339 e. The van der Waals surface area contributed by atoms with Crippen molar-refractivity contribution >= 4 is 27.9 Å². The molecule has 1 aromatic carbocycles. The van der Waals surface area contributed by atoms with Gasteiger partial charge < -0.3 is 9.84 Å². The highest BCUT2D eigenvalue weighted by Gasteiger charge is 2.17. The van der Waals surface area contributed by atoms with Crippen molar-refractivity contribution in [3.63, 3.8) is 0 Å². The Bertz CT molecular complexity index is 440. The Morgan fingerprint density at radius 2 is 2.06 bits per heavy atom. The lowest BCUT2D eigenvalue weighted by molar-refractivity contribution is -0.131. The number of carbonyl (C=O) groups excluding carboxylic acids is 1. The standard InChI is InChI=1S/C11H11BrO4/c1-3-7-4-8(11(14)15)10(9(12)5-7)16-6(2)13/h4-5H,3H2,1-2H3,(H,14,15). The van der Waals surface area contributed by atoms with Gasteiger partial charge in [-0.2, -0.15) is 0 Å². The molecule has 0 fully saturated rings. The molecule has 0 saturated heterocycles. The Morgan fingerprint density at radius 1 is 1.44 bits per heavy atom. The number of ether oxygens (including phenoxy) is 1. The maximum absolute atomic E-state index is 11.0. The summed E-state index contributed by atoms with van der Waals surface area (Å²) in [5, 5.41) is 9.01. The van der Waals surface area contributed by atoms with Crippen LogP contribution in [0.5, 0.6) is 5.75 Å². The van der Waals surface area contributed by atoms with Gasteiger partial charge in [-0.15, -0.1) is 0 Å².